The van der Waals surface area contributed by atoms with E-state index >= 15 is 0 Å². The molecule has 0 bridgehead atoms. The van der Waals surface area contributed by atoms with Gasteiger partial charge in [0.05, 0.1) is 6.26 Å². The molecule has 2 unspecified atom stereocenters. The molecule has 156 valence electrons. The second-order valence-corrected chi connectivity index (χ2v) is 10.2. The Balaban J connectivity index is 1.80. The van der Waals surface area contributed by atoms with E-state index in [4.69, 9.17) is 0 Å². The zero-order valence-electron chi connectivity index (χ0n) is 17.3. The fourth-order valence-corrected chi connectivity index (χ4v) is 4.95. The van der Waals surface area contributed by atoms with Gasteiger partial charge < -0.3 is 5.32 Å². The van der Waals surface area contributed by atoms with E-state index in [1.165, 1.54) is 29.5 Å². The van der Waals surface area contributed by atoms with Crippen molar-refractivity contribution in [2.45, 2.75) is 64.3 Å². The second kappa shape index (κ2) is 11.6. The van der Waals surface area contributed by atoms with Crippen LogP contribution in [0.15, 0.2) is 41.8 Å². The first-order chi connectivity index (χ1) is 13.4. The molecule has 0 fully saturated rings. The zero-order chi connectivity index (χ0) is 20.4. The molecule has 2 atom stereocenters. The number of rotatable bonds is 13. The molecule has 1 aromatic carbocycles. The molecule has 0 amide bonds. The Bertz CT molecular complexity index is 771. The topological polar surface area (TPSA) is 58.2 Å². The van der Waals surface area contributed by atoms with Crippen molar-refractivity contribution in [1.29, 1.82) is 0 Å². The van der Waals surface area contributed by atoms with Gasteiger partial charge in [0.1, 0.15) is 0 Å². The van der Waals surface area contributed by atoms with Crippen molar-refractivity contribution in [3.8, 4) is 0 Å². The number of sulfonamides is 1. The van der Waals surface area contributed by atoms with Gasteiger partial charge in [-0.05, 0) is 73.7 Å². The van der Waals surface area contributed by atoms with Gasteiger partial charge in [-0.15, -0.1) is 11.3 Å². The van der Waals surface area contributed by atoms with Gasteiger partial charge in [-0.3, -0.25) is 4.72 Å². The highest BCUT2D eigenvalue weighted by Crippen LogP contribution is 2.26. The summed E-state index contributed by atoms with van der Waals surface area (Å²) in [6.07, 6.45) is 8.09. The number of anilines is 1. The van der Waals surface area contributed by atoms with Gasteiger partial charge >= 0.3 is 0 Å². The van der Waals surface area contributed by atoms with Gasteiger partial charge in [0.25, 0.3) is 0 Å². The summed E-state index contributed by atoms with van der Waals surface area (Å²) in [4.78, 5) is 1.46. The van der Waals surface area contributed by atoms with Crippen LogP contribution in [-0.2, 0) is 16.4 Å². The first kappa shape index (κ1) is 22.9. The van der Waals surface area contributed by atoms with E-state index in [0.717, 1.165) is 32.2 Å². The third kappa shape index (κ3) is 8.33. The first-order valence-electron chi connectivity index (χ1n) is 10.2. The third-order valence-corrected chi connectivity index (χ3v) is 6.51. The molecule has 28 heavy (non-hydrogen) atoms. The van der Waals surface area contributed by atoms with Crippen molar-refractivity contribution < 1.29 is 8.42 Å². The van der Waals surface area contributed by atoms with Gasteiger partial charge in [-0.1, -0.05) is 38.5 Å². The number of hydrogen-bond donors (Lipinski definition) is 2. The van der Waals surface area contributed by atoms with Crippen molar-refractivity contribution in [3.05, 3.63) is 52.2 Å². The van der Waals surface area contributed by atoms with Crippen LogP contribution in [0.25, 0.3) is 0 Å². The highest BCUT2D eigenvalue weighted by atomic mass is 32.2. The van der Waals surface area contributed by atoms with E-state index in [-0.39, 0.29) is 0 Å². The van der Waals surface area contributed by atoms with Crippen molar-refractivity contribution >= 4 is 27.0 Å². The summed E-state index contributed by atoms with van der Waals surface area (Å²) in [6, 6.07) is 12.7. The van der Waals surface area contributed by atoms with Gasteiger partial charge in [-0.2, -0.15) is 0 Å². The molecule has 0 radical (unpaired) electrons. The summed E-state index contributed by atoms with van der Waals surface area (Å²) >= 11 is 1.84. The monoisotopic (exact) mass is 422 g/mol. The molecule has 0 saturated heterocycles. The maximum atomic E-state index is 11.3. The molecule has 0 spiro atoms. The molecule has 0 aliphatic carbocycles. The van der Waals surface area contributed by atoms with Crippen LogP contribution in [0.5, 0.6) is 0 Å². The number of benzene rings is 1. The van der Waals surface area contributed by atoms with Gasteiger partial charge in [0, 0.05) is 16.6 Å². The summed E-state index contributed by atoms with van der Waals surface area (Å²) in [6.45, 7) is 5.51. The van der Waals surface area contributed by atoms with Gasteiger partial charge in [-0.25, -0.2) is 8.42 Å². The summed E-state index contributed by atoms with van der Waals surface area (Å²) in [5.74, 6) is 0.510. The summed E-state index contributed by atoms with van der Waals surface area (Å²) in [7, 11) is -3.22. The Kier molecular flexibility index (Phi) is 9.48. The van der Waals surface area contributed by atoms with Gasteiger partial charge in [0.15, 0.2) is 0 Å². The van der Waals surface area contributed by atoms with Gasteiger partial charge in [0.2, 0.25) is 10.0 Å². The van der Waals surface area contributed by atoms with Crippen LogP contribution in [-0.4, -0.2) is 27.3 Å². The van der Waals surface area contributed by atoms with Crippen LogP contribution in [0.4, 0.5) is 5.69 Å². The number of hydrogen-bond acceptors (Lipinski definition) is 4. The molecule has 0 aliphatic rings. The third-order valence-electron chi connectivity index (χ3n) is 5.01. The average Bonchev–Trinajstić information content (AvgIpc) is 3.14. The quantitative estimate of drug-likeness (QED) is 0.425. The predicted octanol–water partition coefficient (Wildman–Crippen LogP) is 5.39. The first-order valence-corrected chi connectivity index (χ1v) is 13.0. The molecule has 2 aromatic rings. The number of nitrogens with one attached hydrogen (secondary N) is 2. The molecule has 1 heterocycles. The number of thiophene rings is 1. The zero-order valence-corrected chi connectivity index (χ0v) is 18.9. The molecule has 2 rings (SSSR count). The molecular formula is C22H34N2O2S2. The Hall–Kier alpha value is -1.37. The lowest BCUT2D eigenvalue weighted by molar-refractivity contribution is 0.453. The lowest BCUT2D eigenvalue weighted by Crippen LogP contribution is -2.31. The minimum absolute atomic E-state index is 0.510. The van der Waals surface area contributed by atoms with E-state index in [9.17, 15) is 8.42 Å². The van der Waals surface area contributed by atoms with Crippen molar-refractivity contribution in [3.63, 3.8) is 0 Å². The van der Waals surface area contributed by atoms with Crippen LogP contribution in [0.3, 0.4) is 0 Å². The maximum Gasteiger partial charge on any atom is 0.229 e. The van der Waals surface area contributed by atoms with E-state index in [2.05, 4.69) is 41.4 Å². The Morgan fingerprint density at radius 2 is 1.82 bits per heavy atom. The van der Waals surface area contributed by atoms with Crippen LogP contribution >= 0.6 is 11.3 Å². The van der Waals surface area contributed by atoms with E-state index in [1.54, 1.807) is 0 Å². The fourth-order valence-electron chi connectivity index (χ4n) is 3.59. The summed E-state index contributed by atoms with van der Waals surface area (Å²) in [5.41, 5.74) is 1.91. The predicted molar refractivity (Wildman–Crippen MR) is 122 cm³/mol. The second-order valence-electron chi connectivity index (χ2n) is 7.47. The fraction of sp³-hybridized carbons (Fsp3) is 0.545. The van der Waals surface area contributed by atoms with Crippen LogP contribution in [0.2, 0.25) is 0 Å². The van der Waals surface area contributed by atoms with Crippen LogP contribution in [0.1, 0.15) is 62.3 Å². The molecule has 4 nitrogen and oxygen atoms in total. The molecule has 2 N–H and O–H groups in total. The van der Waals surface area contributed by atoms with E-state index < -0.39 is 10.0 Å². The Morgan fingerprint density at radius 1 is 1.07 bits per heavy atom. The maximum absolute atomic E-state index is 11.3. The SMILES string of the molecule is CCCC(Cc1cccs1)NCCCC(CC)c1ccc(NS(C)(=O)=O)cc1. The Labute approximate surface area is 174 Å². The minimum atomic E-state index is -3.22. The summed E-state index contributed by atoms with van der Waals surface area (Å²) < 4.78 is 25.2. The normalized spacial score (nSPS) is 14.0. The van der Waals surface area contributed by atoms with Crippen molar-refractivity contribution in [2.75, 3.05) is 17.5 Å². The van der Waals surface area contributed by atoms with Crippen molar-refractivity contribution in [1.82, 2.24) is 5.32 Å². The highest BCUT2D eigenvalue weighted by molar-refractivity contribution is 7.92. The van der Waals surface area contributed by atoms with Crippen LogP contribution < -0.4 is 10.0 Å². The minimum Gasteiger partial charge on any atom is -0.314 e. The molecule has 6 heteroatoms. The van der Waals surface area contributed by atoms with Crippen LogP contribution in [0, 0.1) is 0 Å². The molecule has 1 aromatic heterocycles. The average molecular weight is 423 g/mol. The lowest BCUT2D eigenvalue weighted by atomic mass is 9.91. The van der Waals surface area contributed by atoms with E-state index in [1.807, 2.05) is 35.6 Å². The highest BCUT2D eigenvalue weighted by Gasteiger charge is 2.12. The summed E-state index contributed by atoms with van der Waals surface area (Å²) in [5, 5.41) is 5.91. The Morgan fingerprint density at radius 3 is 2.39 bits per heavy atom. The molecule has 0 saturated carbocycles. The lowest BCUT2D eigenvalue weighted by Gasteiger charge is -2.20. The smallest absolute Gasteiger partial charge is 0.229 e. The van der Waals surface area contributed by atoms with Crippen molar-refractivity contribution in [2.24, 2.45) is 0 Å². The largest absolute Gasteiger partial charge is 0.314 e. The molecule has 0 aliphatic heterocycles. The standard InChI is InChI=1S/C22H34N2O2S2/c1-4-8-21(17-22-10-7-16-27-22)23-15-6-9-18(5-2)19-11-13-20(14-12-19)24-28(3,25)26/h7,10-14,16,18,21,23-24H,4-6,8-9,15,17H2,1-3H3. The van der Waals surface area contributed by atoms with E-state index in [0.29, 0.717) is 17.6 Å². The molecular weight excluding hydrogens is 388 g/mol.